The van der Waals surface area contributed by atoms with Gasteiger partial charge in [-0.2, -0.15) is 0 Å². The summed E-state index contributed by atoms with van der Waals surface area (Å²) in [4.78, 5) is 31.0. The van der Waals surface area contributed by atoms with E-state index in [9.17, 15) is 14.7 Å². The molecular weight excluding hydrogens is 406 g/mol. The molecule has 0 amide bonds. The number of pyridine rings is 1. The maximum Gasteiger partial charge on any atom is 0.306 e. The zero-order chi connectivity index (χ0) is 22.7. The first-order chi connectivity index (χ1) is 15.5. The predicted molar refractivity (Wildman–Crippen MR) is 124 cm³/mol. The Morgan fingerprint density at radius 2 is 2.09 bits per heavy atom. The number of H-pyrrole nitrogens is 1. The van der Waals surface area contributed by atoms with E-state index in [1.807, 2.05) is 13.0 Å². The minimum Gasteiger partial charge on any atom is -0.481 e. The summed E-state index contributed by atoms with van der Waals surface area (Å²) in [6, 6.07) is 8.15. The van der Waals surface area contributed by atoms with Gasteiger partial charge in [-0.25, -0.2) is 4.98 Å². The first kappa shape index (κ1) is 22.3. The van der Waals surface area contributed by atoms with Crippen LogP contribution in [0.25, 0.3) is 22.4 Å². The lowest BCUT2D eigenvalue weighted by molar-refractivity contribution is -0.142. The third-order valence-electron chi connectivity index (χ3n) is 6.56. The highest BCUT2D eigenvalue weighted by Crippen LogP contribution is 2.29. The Balaban J connectivity index is 1.70. The van der Waals surface area contributed by atoms with Gasteiger partial charge < -0.3 is 19.4 Å². The van der Waals surface area contributed by atoms with Gasteiger partial charge in [-0.15, -0.1) is 0 Å². The van der Waals surface area contributed by atoms with E-state index < -0.39 is 5.97 Å². The van der Waals surface area contributed by atoms with Crippen LogP contribution in [0.5, 0.6) is 0 Å². The van der Waals surface area contributed by atoms with Crippen molar-refractivity contribution in [2.24, 2.45) is 11.8 Å². The molecule has 170 valence electrons. The van der Waals surface area contributed by atoms with Crippen molar-refractivity contribution < 1.29 is 14.6 Å². The number of carboxylic acid groups (broad SMARTS) is 1. The van der Waals surface area contributed by atoms with E-state index in [2.05, 4.69) is 27.8 Å². The fourth-order valence-electron chi connectivity index (χ4n) is 4.49. The molecule has 0 bridgehead atoms. The van der Waals surface area contributed by atoms with Crippen LogP contribution < -0.4 is 5.56 Å². The van der Waals surface area contributed by atoms with Crippen molar-refractivity contribution in [3.8, 4) is 11.4 Å². The van der Waals surface area contributed by atoms with Crippen LogP contribution in [0.2, 0.25) is 0 Å². The Hall–Kier alpha value is -2.93. The number of aromatic amines is 1. The number of aryl methyl sites for hydroxylation is 2. The molecule has 0 spiro atoms. The van der Waals surface area contributed by atoms with Gasteiger partial charge in [-0.3, -0.25) is 9.59 Å². The Kier molecular flexibility index (Phi) is 6.74. The Bertz CT molecular complexity index is 1160. The average molecular weight is 438 g/mol. The van der Waals surface area contributed by atoms with Crippen LogP contribution in [0.4, 0.5) is 0 Å². The molecule has 1 saturated heterocycles. The second kappa shape index (κ2) is 9.69. The van der Waals surface area contributed by atoms with Crippen molar-refractivity contribution >= 4 is 17.0 Å². The van der Waals surface area contributed by atoms with Crippen molar-refractivity contribution in [1.82, 2.24) is 14.5 Å². The van der Waals surface area contributed by atoms with Crippen LogP contribution in [0.1, 0.15) is 43.7 Å². The third kappa shape index (κ3) is 4.78. The molecule has 7 heteroatoms. The average Bonchev–Trinajstić information content (AvgIpc) is 3.14. The summed E-state index contributed by atoms with van der Waals surface area (Å²) in [5.74, 6) is 0.311. The molecule has 0 unspecified atom stereocenters. The van der Waals surface area contributed by atoms with Gasteiger partial charge >= 0.3 is 5.97 Å². The molecule has 1 aliphatic heterocycles. The number of fused-ring (bicyclic) bond motifs is 1. The number of carboxylic acids is 1. The minimum atomic E-state index is -0.731. The minimum absolute atomic E-state index is 0.0907. The molecule has 2 N–H and O–H groups in total. The molecule has 2 aromatic heterocycles. The summed E-state index contributed by atoms with van der Waals surface area (Å²) in [6.07, 6.45) is 5.74. The van der Waals surface area contributed by atoms with Crippen molar-refractivity contribution in [3.05, 3.63) is 51.9 Å². The molecule has 1 atom stereocenters. The van der Waals surface area contributed by atoms with Gasteiger partial charge in [0.05, 0.1) is 17.0 Å². The van der Waals surface area contributed by atoms with Gasteiger partial charge in [0.2, 0.25) is 0 Å². The van der Waals surface area contributed by atoms with Crippen molar-refractivity contribution in [2.75, 3.05) is 13.2 Å². The Morgan fingerprint density at radius 3 is 2.78 bits per heavy atom. The molecule has 32 heavy (non-hydrogen) atoms. The van der Waals surface area contributed by atoms with E-state index in [0.717, 1.165) is 60.6 Å². The molecule has 1 aliphatic rings. The number of rotatable bonds is 8. The summed E-state index contributed by atoms with van der Waals surface area (Å²) in [7, 11) is 0. The standard InChI is InChI=1S/C25H31N3O4/c1-3-19(25(30)31)6-4-17-5-7-22-21(13-17)27-23(20-12-16(2)24(29)26-14-20)28(22)15-18-8-10-32-11-9-18/h5,7,12-14,18-19H,3-4,6,8-11,15H2,1-2H3,(H,26,29)(H,30,31)/t19-/m1/s1. The molecule has 1 fully saturated rings. The lowest BCUT2D eigenvalue weighted by atomic mass is 9.97. The van der Waals surface area contributed by atoms with E-state index in [0.29, 0.717) is 30.7 Å². The molecule has 7 nitrogen and oxygen atoms in total. The summed E-state index contributed by atoms with van der Waals surface area (Å²) in [5, 5.41) is 9.34. The number of nitrogens with one attached hydrogen (secondary N) is 1. The molecule has 0 aliphatic carbocycles. The number of hydrogen-bond acceptors (Lipinski definition) is 4. The Labute approximate surface area is 187 Å². The zero-order valence-electron chi connectivity index (χ0n) is 18.8. The molecule has 3 heterocycles. The summed E-state index contributed by atoms with van der Waals surface area (Å²) >= 11 is 0. The smallest absolute Gasteiger partial charge is 0.306 e. The van der Waals surface area contributed by atoms with Crippen LogP contribution in [-0.4, -0.2) is 38.8 Å². The highest BCUT2D eigenvalue weighted by atomic mass is 16.5. The number of imidazole rings is 1. The van der Waals surface area contributed by atoms with Crippen LogP contribution in [0.15, 0.2) is 35.3 Å². The van der Waals surface area contributed by atoms with E-state index in [1.54, 1.807) is 13.1 Å². The van der Waals surface area contributed by atoms with Crippen LogP contribution in [0, 0.1) is 18.8 Å². The number of hydrogen-bond donors (Lipinski definition) is 2. The highest BCUT2D eigenvalue weighted by molar-refractivity contribution is 5.81. The maximum absolute atomic E-state index is 11.9. The molecule has 0 saturated carbocycles. The van der Waals surface area contributed by atoms with Crippen LogP contribution in [-0.2, 0) is 22.5 Å². The van der Waals surface area contributed by atoms with Crippen LogP contribution in [0.3, 0.4) is 0 Å². The number of aliphatic carboxylic acids is 1. The Morgan fingerprint density at radius 1 is 1.31 bits per heavy atom. The van der Waals surface area contributed by atoms with E-state index >= 15 is 0 Å². The number of benzene rings is 1. The fraction of sp³-hybridized carbons (Fsp3) is 0.480. The van der Waals surface area contributed by atoms with Gasteiger partial charge in [-0.05, 0) is 68.7 Å². The van der Waals surface area contributed by atoms with E-state index in [-0.39, 0.29) is 11.5 Å². The quantitative estimate of drug-likeness (QED) is 0.551. The lowest BCUT2D eigenvalue weighted by Crippen LogP contribution is -2.21. The fourth-order valence-corrected chi connectivity index (χ4v) is 4.49. The molecule has 1 aromatic carbocycles. The third-order valence-corrected chi connectivity index (χ3v) is 6.56. The van der Waals surface area contributed by atoms with Gasteiger partial charge in [-0.1, -0.05) is 13.0 Å². The first-order valence-electron chi connectivity index (χ1n) is 11.5. The number of nitrogens with zero attached hydrogens (tertiary/aromatic N) is 2. The molecular formula is C25H31N3O4. The van der Waals surface area contributed by atoms with Gasteiger partial charge in [0.25, 0.3) is 5.56 Å². The second-order valence-electron chi connectivity index (χ2n) is 8.81. The molecule has 0 radical (unpaired) electrons. The number of ether oxygens (including phenoxy) is 1. The highest BCUT2D eigenvalue weighted by Gasteiger charge is 2.20. The first-order valence-corrected chi connectivity index (χ1v) is 11.5. The molecule has 3 aromatic rings. The van der Waals surface area contributed by atoms with E-state index in [1.165, 1.54) is 0 Å². The summed E-state index contributed by atoms with van der Waals surface area (Å²) in [6.45, 7) is 6.15. The number of carbonyl (C=O) groups is 1. The normalized spacial score (nSPS) is 15.8. The van der Waals surface area contributed by atoms with Crippen molar-refractivity contribution in [1.29, 1.82) is 0 Å². The SMILES string of the molecule is CC[C@H](CCc1ccc2c(c1)nc(-c1c[nH]c(=O)c(C)c1)n2CC1CCOCC1)C(=O)O. The van der Waals surface area contributed by atoms with Crippen molar-refractivity contribution in [2.45, 2.75) is 52.5 Å². The number of aromatic nitrogens is 3. The molecule has 4 rings (SSSR count). The second-order valence-corrected chi connectivity index (χ2v) is 8.81. The van der Waals surface area contributed by atoms with Crippen molar-refractivity contribution in [3.63, 3.8) is 0 Å². The summed E-state index contributed by atoms with van der Waals surface area (Å²) in [5.41, 5.74) is 4.52. The van der Waals surface area contributed by atoms with Crippen LogP contribution >= 0.6 is 0 Å². The predicted octanol–water partition coefficient (Wildman–Crippen LogP) is 4.17. The lowest BCUT2D eigenvalue weighted by Gasteiger charge is -2.23. The summed E-state index contributed by atoms with van der Waals surface area (Å²) < 4.78 is 7.79. The topological polar surface area (TPSA) is 97.2 Å². The largest absolute Gasteiger partial charge is 0.481 e. The van der Waals surface area contributed by atoms with E-state index in [4.69, 9.17) is 9.72 Å². The van der Waals surface area contributed by atoms with Gasteiger partial charge in [0, 0.05) is 37.1 Å². The monoisotopic (exact) mass is 437 g/mol. The van der Waals surface area contributed by atoms with Gasteiger partial charge in [0.1, 0.15) is 5.82 Å². The zero-order valence-corrected chi connectivity index (χ0v) is 18.8. The van der Waals surface area contributed by atoms with Gasteiger partial charge in [0.15, 0.2) is 0 Å². The maximum atomic E-state index is 11.9.